The molecule has 5 nitrogen and oxygen atoms in total. The lowest BCUT2D eigenvalue weighted by atomic mass is 9.95. The van der Waals surface area contributed by atoms with Crippen molar-refractivity contribution in [1.82, 2.24) is 9.38 Å². The zero-order valence-corrected chi connectivity index (χ0v) is 18.0. The van der Waals surface area contributed by atoms with Gasteiger partial charge in [-0.3, -0.25) is 9.20 Å². The zero-order chi connectivity index (χ0) is 20.9. The number of imidazole rings is 1. The van der Waals surface area contributed by atoms with Crippen LogP contribution in [0.5, 0.6) is 5.75 Å². The van der Waals surface area contributed by atoms with Crippen molar-refractivity contribution in [1.29, 1.82) is 0 Å². The lowest BCUT2D eigenvalue weighted by Crippen LogP contribution is -2.23. The van der Waals surface area contributed by atoms with Crippen LogP contribution in [0.2, 0.25) is 0 Å². The summed E-state index contributed by atoms with van der Waals surface area (Å²) in [5.41, 5.74) is 3.75. The van der Waals surface area contributed by atoms with Gasteiger partial charge in [-0.05, 0) is 56.0 Å². The van der Waals surface area contributed by atoms with Crippen molar-refractivity contribution in [3.63, 3.8) is 0 Å². The lowest BCUT2D eigenvalue weighted by molar-refractivity contribution is -0.134. The minimum absolute atomic E-state index is 0.189. The van der Waals surface area contributed by atoms with E-state index in [0.717, 1.165) is 35.6 Å². The largest absolute Gasteiger partial charge is 0.426 e. The molecule has 1 fully saturated rings. The van der Waals surface area contributed by atoms with Crippen LogP contribution in [0.15, 0.2) is 42.6 Å². The molecule has 0 radical (unpaired) electrons. The fraction of sp³-hybridized carbons (Fsp3) is 0.440. The molecule has 0 saturated heterocycles. The monoisotopic (exact) mass is 405 g/mol. The maximum absolute atomic E-state index is 12.3. The van der Waals surface area contributed by atoms with Crippen LogP contribution in [0.25, 0.3) is 16.9 Å². The molecule has 0 amide bonds. The molecule has 30 heavy (non-hydrogen) atoms. The summed E-state index contributed by atoms with van der Waals surface area (Å²) in [6, 6.07) is 12.4. The number of nitrogens with one attached hydrogen (secondary N) is 1. The average Bonchev–Trinajstić information content (AvgIpc) is 3.10. The maximum Gasteiger partial charge on any atom is 0.311 e. The number of rotatable bonds is 7. The lowest BCUT2D eigenvalue weighted by Gasteiger charge is -2.24. The highest BCUT2D eigenvalue weighted by Crippen LogP contribution is 2.37. The number of nitrogens with zero attached hydrogens (tertiary/aromatic N) is 2. The van der Waals surface area contributed by atoms with Crippen molar-refractivity contribution in [3.05, 3.63) is 48.2 Å². The van der Waals surface area contributed by atoms with E-state index < -0.39 is 0 Å². The van der Waals surface area contributed by atoms with Crippen molar-refractivity contribution in [2.75, 3.05) is 5.32 Å². The van der Waals surface area contributed by atoms with Crippen LogP contribution in [0.3, 0.4) is 0 Å². The van der Waals surface area contributed by atoms with E-state index in [4.69, 9.17) is 9.72 Å². The van der Waals surface area contributed by atoms with Gasteiger partial charge in [0, 0.05) is 24.2 Å². The molecule has 0 unspecified atom stereocenters. The first-order valence-corrected chi connectivity index (χ1v) is 11.2. The van der Waals surface area contributed by atoms with Crippen molar-refractivity contribution < 1.29 is 9.53 Å². The standard InChI is InChI=1S/C25H31N3O2/c1-3-4-14-23(29)30-21-13-9-8-12-20(21)24-25(26-19-10-6-5-7-11-19)28-16-15-18(2)17-22(28)27-24/h8-9,12-13,15-17,19,26H,3-7,10-11,14H2,1-2H3. The molecule has 3 aromatic rings. The SMILES string of the molecule is CCCCC(=O)Oc1ccccc1-c1nc2cc(C)ccn2c1NC1CCCCC1. The number of anilines is 1. The van der Waals surface area contributed by atoms with Gasteiger partial charge in [-0.1, -0.05) is 44.7 Å². The number of ether oxygens (including phenoxy) is 1. The van der Waals surface area contributed by atoms with Crippen LogP contribution in [-0.4, -0.2) is 21.4 Å². The molecule has 5 heteroatoms. The molecule has 0 bridgehead atoms. The number of esters is 1. The quantitative estimate of drug-likeness (QED) is 0.378. The van der Waals surface area contributed by atoms with Crippen molar-refractivity contribution in [2.24, 2.45) is 0 Å². The predicted octanol–water partition coefficient (Wildman–Crippen LogP) is 6.15. The second kappa shape index (κ2) is 9.33. The molecular formula is C25H31N3O2. The highest BCUT2D eigenvalue weighted by Gasteiger charge is 2.22. The Morgan fingerprint density at radius 2 is 2.00 bits per heavy atom. The molecule has 158 valence electrons. The highest BCUT2D eigenvalue weighted by molar-refractivity contribution is 5.83. The number of pyridine rings is 1. The van der Waals surface area contributed by atoms with Gasteiger partial charge >= 0.3 is 5.97 Å². The molecule has 2 aromatic heterocycles. The van der Waals surface area contributed by atoms with Crippen LogP contribution < -0.4 is 10.1 Å². The summed E-state index contributed by atoms with van der Waals surface area (Å²) >= 11 is 0. The summed E-state index contributed by atoms with van der Waals surface area (Å²) in [5.74, 6) is 1.37. The molecule has 1 saturated carbocycles. The van der Waals surface area contributed by atoms with Crippen molar-refractivity contribution in [2.45, 2.75) is 71.3 Å². The van der Waals surface area contributed by atoms with Gasteiger partial charge in [0.05, 0.1) is 0 Å². The second-order valence-corrected chi connectivity index (χ2v) is 8.29. The summed E-state index contributed by atoms with van der Waals surface area (Å²) in [6.07, 6.45) is 10.5. The Kier molecular flexibility index (Phi) is 6.36. The second-order valence-electron chi connectivity index (χ2n) is 8.29. The van der Waals surface area contributed by atoms with E-state index in [-0.39, 0.29) is 5.97 Å². The van der Waals surface area contributed by atoms with E-state index >= 15 is 0 Å². The molecule has 1 aliphatic carbocycles. The topological polar surface area (TPSA) is 55.6 Å². The van der Waals surface area contributed by atoms with Crippen LogP contribution in [-0.2, 0) is 4.79 Å². The van der Waals surface area contributed by atoms with Gasteiger partial charge in [0.25, 0.3) is 0 Å². The summed E-state index contributed by atoms with van der Waals surface area (Å²) in [5, 5.41) is 3.77. The van der Waals surface area contributed by atoms with E-state index in [9.17, 15) is 4.79 Å². The highest BCUT2D eigenvalue weighted by atomic mass is 16.5. The number of unbranched alkanes of at least 4 members (excludes halogenated alkanes) is 1. The van der Waals surface area contributed by atoms with E-state index in [1.807, 2.05) is 24.3 Å². The molecule has 1 aliphatic rings. The smallest absolute Gasteiger partial charge is 0.311 e. The van der Waals surface area contributed by atoms with Crippen molar-refractivity contribution in [3.8, 4) is 17.0 Å². The Hall–Kier alpha value is -2.82. The Labute approximate surface area is 178 Å². The molecule has 4 rings (SSSR count). The van der Waals surface area contributed by atoms with Gasteiger partial charge in [0.15, 0.2) is 0 Å². The number of carbonyl (C=O) groups excluding carboxylic acids is 1. The fourth-order valence-corrected chi connectivity index (χ4v) is 4.16. The third kappa shape index (κ3) is 4.50. The number of benzene rings is 1. The maximum atomic E-state index is 12.3. The molecule has 0 atom stereocenters. The molecule has 2 heterocycles. The summed E-state index contributed by atoms with van der Waals surface area (Å²) in [4.78, 5) is 17.3. The minimum atomic E-state index is -0.189. The number of aryl methyl sites for hydroxylation is 1. The molecule has 0 spiro atoms. The Morgan fingerprint density at radius 3 is 2.80 bits per heavy atom. The number of fused-ring (bicyclic) bond motifs is 1. The normalized spacial score (nSPS) is 14.7. The molecule has 1 aromatic carbocycles. The van der Waals surface area contributed by atoms with Crippen LogP contribution in [0.1, 0.15) is 63.9 Å². The fourth-order valence-electron chi connectivity index (χ4n) is 4.16. The first-order valence-electron chi connectivity index (χ1n) is 11.2. The number of carbonyl (C=O) groups is 1. The molecular weight excluding hydrogens is 374 g/mol. The third-order valence-corrected chi connectivity index (χ3v) is 5.83. The number of hydrogen-bond donors (Lipinski definition) is 1. The van der Waals surface area contributed by atoms with Crippen molar-refractivity contribution >= 4 is 17.4 Å². The molecule has 1 N–H and O–H groups in total. The van der Waals surface area contributed by atoms with Gasteiger partial charge in [-0.2, -0.15) is 0 Å². The first kappa shape index (κ1) is 20.5. The number of hydrogen-bond acceptors (Lipinski definition) is 4. The van der Waals surface area contributed by atoms with Gasteiger partial charge < -0.3 is 10.1 Å². The van der Waals surface area contributed by atoms with Gasteiger partial charge in [0.1, 0.15) is 22.9 Å². The third-order valence-electron chi connectivity index (χ3n) is 5.83. The Morgan fingerprint density at radius 1 is 1.20 bits per heavy atom. The van der Waals surface area contributed by atoms with Crippen LogP contribution >= 0.6 is 0 Å². The zero-order valence-electron chi connectivity index (χ0n) is 18.0. The number of para-hydroxylation sites is 1. The Bertz CT molecular complexity index is 1020. The summed E-state index contributed by atoms with van der Waals surface area (Å²) < 4.78 is 7.87. The molecule has 0 aliphatic heterocycles. The van der Waals surface area contributed by atoms with E-state index in [0.29, 0.717) is 18.2 Å². The van der Waals surface area contributed by atoms with Crippen LogP contribution in [0.4, 0.5) is 5.82 Å². The minimum Gasteiger partial charge on any atom is -0.426 e. The van der Waals surface area contributed by atoms with Gasteiger partial charge in [-0.25, -0.2) is 4.98 Å². The summed E-state index contributed by atoms with van der Waals surface area (Å²) in [7, 11) is 0. The Balaban J connectivity index is 1.74. The van der Waals surface area contributed by atoms with E-state index in [1.54, 1.807) is 0 Å². The first-order chi connectivity index (χ1) is 14.7. The van der Waals surface area contributed by atoms with E-state index in [1.165, 1.54) is 37.7 Å². The van der Waals surface area contributed by atoms with Crippen LogP contribution in [0, 0.1) is 6.92 Å². The van der Waals surface area contributed by atoms with E-state index in [2.05, 4.69) is 41.9 Å². The predicted molar refractivity (Wildman–Crippen MR) is 121 cm³/mol. The summed E-state index contributed by atoms with van der Waals surface area (Å²) in [6.45, 7) is 4.15. The number of aromatic nitrogens is 2. The van der Waals surface area contributed by atoms with Gasteiger partial charge in [-0.15, -0.1) is 0 Å². The average molecular weight is 406 g/mol. The van der Waals surface area contributed by atoms with Gasteiger partial charge in [0.2, 0.25) is 0 Å².